The standard InChI is InChI=1S/C19H16NO/c1-13-11-12-14-7-3-4-8-15(14)18(13)19-20(2)16-9-5-6-10-17(16)21-19/h3-12H,1-2H3/q+1. The van der Waals surface area contributed by atoms with Gasteiger partial charge in [-0.15, -0.1) is 0 Å². The number of aryl methyl sites for hydroxylation is 2. The van der Waals surface area contributed by atoms with Crippen molar-refractivity contribution >= 4 is 21.9 Å². The van der Waals surface area contributed by atoms with Gasteiger partial charge in [-0.1, -0.05) is 48.5 Å². The molecule has 102 valence electrons. The van der Waals surface area contributed by atoms with Gasteiger partial charge in [-0.3, -0.25) is 0 Å². The van der Waals surface area contributed by atoms with Crippen LogP contribution in [-0.2, 0) is 7.05 Å². The van der Waals surface area contributed by atoms with Crippen LogP contribution in [-0.4, -0.2) is 0 Å². The molecule has 0 bridgehead atoms. The number of hydrogen-bond acceptors (Lipinski definition) is 1. The fraction of sp³-hybridized carbons (Fsp3) is 0.105. The molecule has 3 aromatic carbocycles. The van der Waals surface area contributed by atoms with Gasteiger partial charge in [0.2, 0.25) is 5.58 Å². The third-order valence-electron chi connectivity index (χ3n) is 4.09. The molecular formula is C19H16NO+. The van der Waals surface area contributed by atoms with Crippen molar-refractivity contribution in [1.82, 2.24) is 0 Å². The lowest BCUT2D eigenvalue weighted by atomic mass is 9.99. The van der Waals surface area contributed by atoms with Crippen LogP contribution in [0.1, 0.15) is 5.56 Å². The van der Waals surface area contributed by atoms with E-state index in [0.29, 0.717) is 0 Å². The summed E-state index contributed by atoms with van der Waals surface area (Å²) in [5, 5.41) is 2.46. The monoisotopic (exact) mass is 274 g/mol. The molecule has 0 spiro atoms. The number of nitrogens with zero attached hydrogens (tertiary/aromatic N) is 1. The lowest BCUT2D eigenvalue weighted by Gasteiger charge is -2.05. The quantitative estimate of drug-likeness (QED) is 0.471. The van der Waals surface area contributed by atoms with E-state index in [9.17, 15) is 0 Å². The molecule has 2 heteroatoms. The van der Waals surface area contributed by atoms with Gasteiger partial charge in [0, 0.05) is 6.07 Å². The van der Waals surface area contributed by atoms with Gasteiger partial charge >= 0.3 is 5.89 Å². The maximum atomic E-state index is 6.14. The van der Waals surface area contributed by atoms with Crippen molar-refractivity contribution in [3.8, 4) is 11.5 Å². The largest absolute Gasteiger partial charge is 0.398 e. The molecule has 0 aliphatic carbocycles. The summed E-state index contributed by atoms with van der Waals surface area (Å²) in [4.78, 5) is 0. The molecule has 4 aromatic rings. The predicted octanol–water partition coefficient (Wildman–Crippen LogP) is 4.39. The van der Waals surface area contributed by atoms with Gasteiger partial charge in [-0.2, -0.15) is 4.57 Å². The van der Waals surface area contributed by atoms with Crippen LogP contribution < -0.4 is 4.57 Å². The molecular weight excluding hydrogens is 258 g/mol. The maximum Gasteiger partial charge on any atom is 0.382 e. The number of hydrogen-bond donors (Lipinski definition) is 0. The highest BCUT2D eigenvalue weighted by Gasteiger charge is 2.23. The van der Waals surface area contributed by atoms with E-state index in [1.54, 1.807) is 0 Å². The van der Waals surface area contributed by atoms with Gasteiger partial charge in [-0.05, 0) is 29.3 Å². The second-order valence-corrected chi connectivity index (χ2v) is 5.41. The number of para-hydroxylation sites is 2. The third kappa shape index (κ3) is 1.76. The minimum absolute atomic E-state index is 0.908. The van der Waals surface area contributed by atoms with E-state index >= 15 is 0 Å². The molecule has 2 nitrogen and oxygen atoms in total. The lowest BCUT2D eigenvalue weighted by Crippen LogP contribution is -2.28. The summed E-state index contributed by atoms with van der Waals surface area (Å²) in [7, 11) is 2.06. The highest BCUT2D eigenvalue weighted by molar-refractivity contribution is 5.96. The van der Waals surface area contributed by atoms with Crippen LogP contribution >= 0.6 is 0 Å². The molecule has 0 amide bonds. The molecule has 0 saturated heterocycles. The summed E-state index contributed by atoms with van der Waals surface area (Å²) < 4.78 is 8.27. The first-order valence-corrected chi connectivity index (χ1v) is 7.12. The summed E-state index contributed by atoms with van der Waals surface area (Å²) in [5.74, 6) is 0.908. The van der Waals surface area contributed by atoms with Crippen molar-refractivity contribution < 1.29 is 8.98 Å². The fourth-order valence-corrected chi connectivity index (χ4v) is 2.99. The Labute approximate surface area is 123 Å². The van der Waals surface area contributed by atoms with E-state index in [-0.39, 0.29) is 0 Å². The fourth-order valence-electron chi connectivity index (χ4n) is 2.99. The SMILES string of the molecule is Cc1ccc2ccccc2c1-c1oc2ccccc2[n+]1C. The molecule has 0 N–H and O–H groups in total. The highest BCUT2D eigenvalue weighted by atomic mass is 16.4. The lowest BCUT2D eigenvalue weighted by molar-refractivity contribution is -0.637. The van der Waals surface area contributed by atoms with Gasteiger partial charge in [-0.25, -0.2) is 0 Å². The molecule has 0 atom stereocenters. The number of aromatic nitrogens is 1. The van der Waals surface area contributed by atoms with Crippen molar-refractivity contribution in [3.63, 3.8) is 0 Å². The zero-order valence-corrected chi connectivity index (χ0v) is 12.1. The van der Waals surface area contributed by atoms with Crippen molar-refractivity contribution in [2.45, 2.75) is 6.92 Å². The molecule has 0 fully saturated rings. The van der Waals surface area contributed by atoms with Crippen LogP contribution in [0.3, 0.4) is 0 Å². The predicted molar refractivity (Wildman–Crippen MR) is 85.1 cm³/mol. The minimum atomic E-state index is 0.908. The van der Waals surface area contributed by atoms with E-state index in [1.807, 2.05) is 18.2 Å². The first kappa shape index (κ1) is 12.2. The zero-order chi connectivity index (χ0) is 14.4. The summed E-state index contributed by atoms with van der Waals surface area (Å²) in [6, 6.07) is 20.9. The smallest absolute Gasteiger partial charge is 0.382 e. The Balaban J connectivity index is 2.13. The average molecular weight is 274 g/mol. The summed E-state index contributed by atoms with van der Waals surface area (Å²) in [6.45, 7) is 2.13. The maximum absolute atomic E-state index is 6.14. The van der Waals surface area contributed by atoms with Crippen LogP contribution in [0.5, 0.6) is 0 Å². The van der Waals surface area contributed by atoms with Gasteiger partial charge in [0.15, 0.2) is 0 Å². The van der Waals surface area contributed by atoms with Gasteiger partial charge in [0.25, 0.3) is 5.52 Å². The van der Waals surface area contributed by atoms with E-state index < -0.39 is 0 Å². The van der Waals surface area contributed by atoms with E-state index in [4.69, 9.17) is 4.42 Å². The van der Waals surface area contributed by atoms with Crippen LogP contribution in [0.2, 0.25) is 0 Å². The normalized spacial score (nSPS) is 11.3. The molecule has 4 rings (SSSR count). The van der Waals surface area contributed by atoms with Gasteiger partial charge in [0.05, 0.1) is 5.56 Å². The Morgan fingerprint density at radius 2 is 1.62 bits per heavy atom. The van der Waals surface area contributed by atoms with E-state index in [2.05, 4.69) is 61.0 Å². The third-order valence-corrected chi connectivity index (χ3v) is 4.09. The first-order chi connectivity index (χ1) is 10.3. The van der Waals surface area contributed by atoms with Crippen LogP contribution in [0.25, 0.3) is 33.3 Å². The number of rotatable bonds is 1. The number of fused-ring (bicyclic) bond motifs is 2. The van der Waals surface area contributed by atoms with E-state index in [1.165, 1.54) is 21.9 Å². The average Bonchev–Trinajstić information content (AvgIpc) is 2.84. The Morgan fingerprint density at radius 3 is 2.48 bits per heavy atom. The zero-order valence-electron chi connectivity index (χ0n) is 12.1. The summed E-state index contributed by atoms with van der Waals surface area (Å²) in [5.41, 5.74) is 4.43. The van der Waals surface area contributed by atoms with Crippen molar-refractivity contribution in [3.05, 3.63) is 66.2 Å². The minimum Gasteiger partial charge on any atom is -0.398 e. The molecule has 1 heterocycles. The van der Waals surface area contributed by atoms with E-state index in [0.717, 1.165) is 17.0 Å². The Hall–Kier alpha value is -2.61. The molecule has 0 aliphatic heterocycles. The molecule has 0 radical (unpaired) electrons. The molecule has 0 unspecified atom stereocenters. The number of benzene rings is 3. The second kappa shape index (κ2) is 4.45. The highest BCUT2D eigenvalue weighted by Crippen LogP contribution is 2.32. The van der Waals surface area contributed by atoms with Crippen LogP contribution in [0.15, 0.2) is 65.1 Å². The van der Waals surface area contributed by atoms with Crippen molar-refractivity contribution in [2.75, 3.05) is 0 Å². The molecule has 0 aliphatic rings. The first-order valence-electron chi connectivity index (χ1n) is 7.12. The topological polar surface area (TPSA) is 17.0 Å². The second-order valence-electron chi connectivity index (χ2n) is 5.41. The Morgan fingerprint density at radius 1 is 0.857 bits per heavy atom. The molecule has 0 saturated carbocycles. The van der Waals surface area contributed by atoms with Crippen LogP contribution in [0, 0.1) is 6.92 Å². The van der Waals surface area contributed by atoms with Crippen molar-refractivity contribution in [2.24, 2.45) is 7.05 Å². The molecule has 1 aromatic heterocycles. The Kier molecular flexibility index (Phi) is 2.58. The van der Waals surface area contributed by atoms with Gasteiger partial charge < -0.3 is 4.42 Å². The van der Waals surface area contributed by atoms with Gasteiger partial charge in [0.1, 0.15) is 7.05 Å². The summed E-state index contributed by atoms with van der Waals surface area (Å²) >= 11 is 0. The molecule has 21 heavy (non-hydrogen) atoms. The number of oxazole rings is 1. The summed E-state index contributed by atoms with van der Waals surface area (Å²) in [6.07, 6.45) is 0. The Bertz CT molecular complexity index is 966. The van der Waals surface area contributed by atoms with Crippen molar-refractivity contribution in [1.29, 1.82) is 0 Å². The van der Waals surface area contributed by atoms with Crippen LogP contribution in [0.4, 0.5) is 0 Å².